The first-order valence-electron chi connectivity index (χ1n) is 9.01. The van der Waals surface area contributed by atoms with Gasteiger partial charge in [0.15, 0.2) is 5.96 Å². The van der Waals surface area contributed by atoms with Crippen molar-refractivity contribution in [2.75, 3.05) is 50.4 Å². The highest BCUT2D eigenvalue weighted by Crippen LogP contribution is 2.19. The topological polar surface area (TPSA) is 56.7 Å². The number of hydrogen-bond donors (Lipinski definition) is 1. The van der Waals surface area contributed by atoms with Gasteiger partial charge in [-0.1, -0.05) is 25.1 Å². The summed E-state index contributed by atoms with van der Waals surface area (Å²) in [5.41, 5.74) is 0. The molecule has 1 aromatic heterocycles. The molecule has 0 amide bonds. The van der Waals surface area contributed by atoms with Crippen molar-refractivity contribution in [1.82, 2.24) is 19.6 Å². The standard InChI is InChI=1S/C18H26N6S2/c1-3-16-21-18(26-22-16)24-12-10-23(11-13-24)17(19-2)20-9-14-25-15-7-5-4-6-8-15/h4-8H,3,9-14H2,1-2H3,(H,19,20). The van der Waals surface area contributed by atoms with Gasteiger partial charge in [0.05, 0.1) is 0 Å². The van der Waals surface area contributed by atoms with Crippen LogP contribution in [0.5, 0.6) is 0 Å². The molecule has 1 aromatic carbocycles. The van der Waals surface area contributed by atoms with Crippen molar-refractivity contribution in [2.24, 2.45) is 4.99 Å². The molecule has 2 aromatic rings. The molecule has 6 nitrogen and oxygen atoms in total. The van der Waals surface area contributed by atoms with E-state index in [0.717, 1.165) is 61.8 Å². The molecule has 1 N–H and O–H groups in total. The second-order valence-electron chi connectivity index (χ2n) is 5.96. The van der Waals surface area contributed by atoms with Crippen molar-refractivity contribution in [3.63, 3.8) is 0 Å². The number of hydrogen-bond acceptors (Lipinski definition) is 6. The van der Waals surface area contributed by atoms with Crippen molar-refractivity contribution in [1.29, 1.82) is 0 Å². The second kappa shape index (κ2) is 9.78. The van der Waals surface area contributed by atoms with E-state index in [2.05, 4.69) is 66.7 Å². The van der Waals surface area contributed by atoms with Crippen LogP contribution in [-0.4, -0.2) is 65.7 Å². The summed E-state index contributed by atoms with van der Waals surface area (Å²) in [5.74, 6) is 2.96. The van der Waals surface area contributed by atoms with Crippen LogP contribution in [0.25, 0.3) is 0 Å². The lowest BCUT2D eigenvalue weighted by Crippen LogP contribution is -2.52. The number of aryl methyl sites for hydroxylation is 1. The largest absolute Gasteiger partial charge is 0.355 e. The summed E-state index contributed by atoms with van der Waals surface area (Å²) in [6.45, 7) is 6.81. The lowest BCUT2D eigenvalue weighted by atomic mass is 10.3. The van der Waals surface area contributed by atoms with Gasteiger partial charge in [-0.3, -0.25) is 4.99 Å². The van der Waals surface area contributed by atoms with E-state index >= 15 is 0 Å². The molecular weight excluding hydrogens is 364 g/mol. The van der Waals surface area contributed by atoms with Gasteiger partial charge in [0.1, 0.15) is 5.82 Å². The summed E-state index contributed by atoms with van der Waals surface area (Å²) in [4.78, 5) is 15.0. The van der Waals surface area contributed by atoms with Crippen LogP contribution in [0, 0.1) is 0 Å². The lowest BCUT2D eigenvalue weighted by Gasteiger charge is -2.36. The predicted molar refractivity (Wildman–Crippen MR) is 112 cm³/mol. The molecule has 1 fully saturated rings. The zero-order valence-corrected chi connectivity index (χ0v) is 17.0. The first-order chi connectivity index (χ1) is 12.8. The third kappa shape index (κ3) is 5.11. The number of guanidine groups is 1. The smallest absolute Gasteiger partial charge is 0.205 e. The average Bonchev–Trinajstić information content (AvgIpc) is 3.18. The maximum atomic E-state index is 4.60. The number of nitrogens with zero attached hydrogens (tertiary/aromatic N) is 5. The fourth-order valence-corrected chi connectivity index (χ4v) is 4.40. The molecule has 8 heteroatoms. The Morgan fingerprint density at radius 2 is 2.00 bits per heavy atom. The number of rotatable bonds is 6. The van der Waals surface area contributed by atoms with Crippen LogP contribution >= 0.6 is 23.3 Å². The molecule has 1 aliphatic rings. The van der Waals surface area contributed by atoms with Crippen molar-refractivity contribution in [3.8, 4) is 0 Å². The first-order valence-corrected chi connectivity index (χ1v) is 10.8. The lowest BCUT2D eigenvalue weighted by molar-refractivity contribution is 0.373. The normalized spacial score (nSPS) is 15.4. The fourth-order valence-electron chi connectivity index (χ4n) is 2.81. The van der Waals surface area contributed by atoms with Gasteiger partial charge in [-0.2, -0.15) is 4.37 Å². The number of anilines is 1. The quantitative estimate of drug-likeness (QED) is 0.354. The Labute approximate surface area is 163 Å². The van der Waals surface area contributed by atoms with Gasteiger partial charge in [-0.25, -0.2) is 4.98 Å². The molecule has 0 saturated carbocycles. The maximum absolute atomic E-state index is 4.60. The Morgan fingerprint density at radius 1 is 1.23 bits per heavy atom. The number of aromatic nitrogens is 2. The third-order valence-electron chi connectivity index (χ3n) is 4.23. The van der Waals surface area contributed by atoms with Crippen LogP contribution < -0.4 is 10.2 Å². The summed E-state index contributed by atoms with van der Waals surface area (Å²) in [5, 5.41) is 4.53. The molecule has 0 atom stereocenters. The molecule has 26 heavy (non-hydrogen) atoms. The van der Waals surface area contributed by atoms with E-state index in [1.54, 1.807) is 0 Å². The van der Waals surface area contributed by atoms with Crippen LogP contribution in [0.1, 0.15) is 12.7 Å². The summed E-state index contributed by atoms with van der Waals surface area (Å²) in [6, 6.07) is 10.5. The third-order valence-corrected chi connectivity index (χ3v) is 6.06. The molecule has 3 rings (SSSR count). The Balaban J connectivity index is 1.42. The summed E-state index contributed by atoms with van der Waals surface area (Å²) in [6.07, 6.45) is 0.897. The van der Waals surface area contributed by atoms with Crippen molar-refractivity contribution in [2.45, 2.75) is 18.2 Å². The van der Waals surface area contributed by atoms with Crippen molar-refractivity contribution < 1.29 is 0 Å². The minimum Gasteiger partial charge on any atom is -0.355 e. The Morgan fingerprint density at radius 3 is 2.65 bits per heavy atom. The highest BCUT2D eigenvalue weighted by molar-refractivity contribution is 7.99. The van der Waals surface area contributed by atoms with Gasteiger partial charge in [0.25, 0.3) is 0 Å². The number of piperazine rings is 1. The molecule has 0 radical (unpaired) electrons. The van der Waals surface area contributed by atoms with Crippen LogP contribution in [0.2, 0.25) is 0 Å². The summed E-state index contributed by atoms with van der Waals surface area (Å²) >= 11 is 3.37. The summed E-state index contributed by atoms with van der Waals surface area (Å²) in [7, 11) is 1.86. The maximum Gasteiger partial charge on any atom is 0.205 e. The zero-order valence-electron chi connectivity index (χ0n) is 15.4. The molecular formula is C18H26N6S2. The van der Waals surface area contributed by atoms with Crippen LogP contribution in [-0.2, 0) is 6.42 Å². The molecule has 0 aliphatic carbocycles. The van der Waals surface area contributed by atoms with Crippen LogP contribution in [0.4, 0.5) is 5.13 Å². The van der Waals surface area contributed by atoms with E-state index < -0.39 is 0 Å². The molecule has 0 spiro atoms. The van der Waals surface area contributed by atoms with E-state index in [1.807, 2.05) is 18.8 Å². The molecule has 1 aliphatic heterocycles. The predicted octanol–water partition coefficient (Wildman–Crippen LogP) is 2.59. The molecule has 1 saturated heterocycles. The van der Waals surface area contributed by atoms with E-state index in [1.165, 1.54) is 16.4 Å². The van der Waals surface area contributed by atoms with Gasteiger partial charge in [0, 0.05) is 68.4 Å². The SMILES string of the molecule is CCc1nsc(N2CCN(C(=NC)NCCSc3ccccc3)CC2)n1. The van der Waals surface area contributed by atoms with Gasteiger partial charge in [0.2, 0.25) is 5.13 Å². The highest BCUT2D eigenvalue weighted by Gasteiger charge is 2.21. The first kappa shape index (κ1) is 19.0. The number of thioether (sulfide) groups is 1. The molecule has 0 bridgehead atoms. The van der Waals surface area contributed by atoms with Gasteiger partial charge < -0.3 is 15.1 Å². The van der Waals surface area contributed by atoms with Crippen molar-refractivity contribution in [3.05, 3.63) is 36.2 Å². The Hall–Kier alpha value is -1.80. The Kier molecular flexibility index (Phi) is 7.13. The fraction of sp³-hybridized carbons (Fsp3) is 0.500. The van der Waals surface area contributed by atoms with E-state index in [4.69, 9.17) is 0 Å². The van der Waals surface area contributed by atoms with Crippen LogP contribution in [0.3, 0.4) is 0 Å². The van der Waals surface area contributed by atoms with E-state index in [0.29, 0.717) is 0 Å². The van der Waals surface area contributed by atoms with Gasteiger partial charge in [-0.05, 0) is 12.1 Å². The monoisotopic (exact) mass is 390 g/mol. The number of benzene rings is 1. The minimum absolute atomic E-state index is 0.897. The summed E-state index contributed by atoms with van der Waals surface area (Å²) < 4.78 is 4.39. The molecule has 0 unspecified atom stereocenters. The van der Waals surface area contributed by atoms with E-state index in [-0.39, 0.29) is 0 Å². The number of nitrogens with one attached hydrogen (secondary N) is 1. The van der Waals surface area contributed by atoms with Gasteiger partial charge >= 0.3 is 0 Å². The highest BCUT2D eigenvalue weighted by atomic mass is 32.2. The van der Waals surface area contributed by atoms with E-state index in [9.17, 15) is 0 Å². The molecule has 2 heterocycles. The number of aliphatic imine (C=N–C) groups is 1. The zero-order chi connectivity index (χ0) is 18.2. The molecule has 140 valence electrons. The average molecular weight is 391 g/mol. The Bertz CT molecular complexity index is 695. The minimum atomic E-state index is 0.897. The van der Waals surface area contributed by atoms with Gasteiger partial charge in [-0.15, -0.1) is 11.8 Å². The second-order valence-corrected chi connectivity index (χ2v) is 7.85. The van der Waals surface area contributed by atoms with Crippen molar-refractivity contribution >= 4 is 34.4 Å². The van der Waals surface area contributed by atoms with Crippen LogP contribution in [0.15, 0.2) is 40.2 Å².